The van der Waals surface area contributed by atoms with Gasteiger partial charge in [-0.3, -0.25) is 14.3 Å². The van der Waals surface area contributed by atoms with Gasteiger partial charge >= 0.3 is 5.69 Å². The zero-order valence-corrected chi connectivity index (χ0v) is 11.1. The van der Waals surface area contributed by atoms with Crippen LogP contribution in [0.15, 0.2) is 15.8 Å². The molecule has 1 fully saturated rings. The molecule has 1 aromatic heterocycles. The summed E-state index contributed by atoms with van der Waals surface area (Å²) >= 11 is 1.69. The van der Waals surface area contributed by atoms with E-state index in [2.05, 4.69) is 0 Å². The molecule has 0 bridgehead atoms. The number of ether oxygens (including phenoxy) is 1. The number of nitrogens with one attached hydrogen (secondary N) is 1. The summed E-state index contributed by atoms with van der Waals surface area (Å²) in [4.78, 5) is 24.7. The van der Waals surface area contributed by atoms with Gasteiger partial charge in [-0.2, -0.15) is 0 Å². The first-order valence-corrected chi connectivity index (χ1v) is 6.13. The molecule has 0 aromatic carbocycles. The standard InChI is InChI=1S/C9H10FIN2O5/c10-5-6(15)4(2-14)18-8(5)13-1-3(11)7(16)12-9(13)17/h1,4-6,8,14-15H,2H2,(H,12,16,17)/t4-,5+,6-,8-/m1/s1/i9+1,12+1,13+1. The number of hydrogen-bond acceptors (Lipinski definition) is 5. The van der Waals surface area contributed by atoms with Gasteiger partial charge in [-0.05, 0) is 22.6 Å². The van der Waals surface area contributed by atoms with E-state index in [1.807, 2.05) is 4.98 Å². The van der Waals surface area contributed by atoms with Crippen LogP contribution in [0.3, 0.4) is 0 Å². The van der Waals surface area contributed by atoms with Gasteiger partial charge in [0.05, 0.1) is 10.2 Å². The Morgan fingerprint density at radius 1 is 1.56 bits per heavy atom. The monoisotopic (exact) mass is 375 g/mol. The highest BCUT2D eigenvalue weighted by molar-refractivity contribution is 14.1. The molecule has 0 radical (unpaired) electrons. The number of aliphatic hydroxyl groups is 2. The van der Waals surface area contributed by atoms with Gasteiger partial charge in [-0.15, -0.1) is 0 Å². The van der Waals surface area contributed by atoms with Crippen molar-refractivity contribution < 1.29 is 19.3 Å². The number of aromatic amines is 1. The molecule has 0 spiro atoms. The third-order valence-electron chi connectivity index (χ3n) is 2.67. The molecule has 2 rings (SSSR count). The molecule has 100 valence electrons. The average Bonchev–Trinajstić information content (AvgIpc) is 2.61. The summed E-state index contributed by atoms with van der Waals surface area (Å²) in [6.07, 6.45) is -4.69. The third kappa shape index (κ3) is 2.22. The van der Waals surface area contributed by atoms with E-state index < -0.39 is 42.5 Å². The smallest absolute Gasteiger partial charge is 0.330 e. The van der Waals surface area contributed by atoms with Gasteiger partial charge in [0, 0.05) is 6.20 Å². The number of nitrogens with zero attached hydrogens (tertiary/aromatic N) is 1. The van der Waals surface area contributed by atoms with E-state index >= 15 is 0 Å². The Kier molecular flexibility index (Phi) is 3.84. The average molecular weight is 375 g/mol. The maximum absolute atomic E-state index is 13.8. The molecule has 0 amide bonds. The lowest BCUT2D eigenvalue weighted by Gasteiger charge is -2.15. The molecule has 1 aliphatic rings. The molecule has 18 heavy (non-hydrogen) atoms. The Bertz CT molecular complexity index is 559. The fourth-order valence-electron chi connectivity index (χ4n) is 1.73. The maximum Gasteiger partial charge on any atom is 0.330 e. The zero-order valence-electron chi connectivity index (χ0n) is 8.92. The highest BCUT2D eigenvalue weighted by atomic mass is 127. The Morgan fingerprint density at radius 3 is 2.78 bits per heavy atom. The molecule has 0 unspecified atom stereocenters. The van der Waals surface area contributed by atoms with Gasteiger partial charge in [0.15, 0.2) is 12.4 Å². The SMILES string of the molecule is O=c1[15nH][13c](=O)[15n]([C@@H]2O[C@H](CO)[C@@H](O)[C@@H]2F)cc1I. The Morgan fingerprint density at radius 2 is 2.22 bits per heavy atom. The highest BCUT2D eigenvalue weighted by Gasteiger charge is 2.45. The van der Waals surface area contributed by atoms with E-state index in [0.29, 0.717) is 0 Å². The minimum atomic E-state index is -1.86. The van der Waals surface area contributed by atoms with Gasteiger partial charge in [0.1, 0.15) is 12.2 Å². The lowest BCUT2D eigenvalue weighted by atomic mass is 10.2. The quantitative estimate of drug-likeness (QED) is 0.560. The summed E-state index contributed by atoms with van der Waals surface area (Å²) in [6.45, 7) is -0.562. The molecule has 9 heteroatoms. The molecule has 1 saturated heterocycles. The third-order valence-corrected chi connectivity index (χ3v) is 3.44. The van der Waals surface area contributed by atoms with Crippen molar-refractivity contribution in [1.29, 1.82) is 0 Å². The molecule has 1 aromatic rings. The molecule has 4 atom stereocenters. The minimum Gasteiger partial charge on any atom is -0.394 e. The van der Waals surface area contributed by atoms with Crippen molar-refractivity contribution in [2.45, 2.75) is 24.6 Å². The van der Waals surface area contributed by atoms with Crippen LogP contribution in [0.5, 0.6) is 0 Å². The first kappa shape index (κ1) is 13.6. The van der Waals surface area contributed by atoms with Crippen LogP contribution in [0.1, 0.15) is 6.23 Å². The van der Waals surface area contributed by atoms with Crippen LogP contribution in [0.4, 0.5) is 4.39 Å². The number of hydrogen-bond donors (Lipinski definition) is 3. The first-order chi connectivity index (χ1) is 8.45. The lowest BCUT2D eigenvalue weighted by molar-refractivity contribution is -0.0492. The van der Waals surface area contributed by atoms with Gasteiger partial charge in [-0.1, -0.05) is 0 Å². The zero-order chi connectivity index (χ0) is 13.4. The summed E-state index contributed by atoms with van der Waals surface area (Å²) in [6, 6.07) is 0. The van der Waals surface area contributed by atoms with E-state index in [0.717, 1.165) is 10.8 Å². The Balaban J connectivity index is 2.42. The summed E-state index contributed by atoms with van der Waals surface area (Å²) in [7, 11) is 0. The van der Waals surface area contributed by atoms with Gasteiger partial charge in [-0.25, -0.2) is 9.18 Å². The highest BCUT2D eigenvalue weighted by Crippen LogP contribution is 2.30. The van der Waals surface area contributed by atoms with E-state index in [1.165, 1.54) is 0 Å². The van der Waals surface area contributed by atoms with Crippen LogP contribution in [-0.2, 0) is 4.74 Å². The van der Waals surface area contributed by atoms with E-state index in [9.17, 15) is 19.1 Å². The molecule has 0 aliphatic carbocycles. The van der Waals surface area contributed by atoms with Crippen molar-refractivity contribution in [2.24, 2.45) is 0 Å². The van der Waals surface area contributed by atoms with Crippen molar-refractivity contribution in [3.05, 3.63) is 30.6 Å². The van der Waals surface area contributed by atoms with E-state index in [1.54, 1.807) is 22.6 Å². The van der Waals surface area contributed by atoms with Gasteiger partial charge < -0.3 is 14.9 Å². The molecular formula is C9H10FIN2O5. The number of halogens is 2. The second-order valence-corrected chi connectivity index (χ2v) is 4.99. The van der Waals surface area contributed by atoms with Crippen molar-refractivity contribution >= 4 is 22.6 Å². The summed E-state index contributed by atoms with van der Waals surface area (Å²) in [5.41, 5.74) is -1.41. The van der Waals surface area contributed by atoms with Crippen LogP contribution in [-0.4, -0.2) is 44.8 Å². The second kappa shape index (κ2) is 5.07. The number of alkyl halides is 1. The summed E-state index contributed by atoms with van der Waals surface area (Å²) in [5, 5.41) is 18.3. The first-order valence-electron chi connectivity index (χ1n) is 5.05. The molecule has 3 N–H and O–H groups in total. The molecular weight excluding hydrogens is 365 g/mol. The van der Waals surface area contributed by atoms with E-state index in [-0.39, 0.29) is 3.57 Å². The van der Waals surface area contributed by atoms with Crippen LogP contribution in [0, 0.1) is 3.57 Å². The van der Waals surface area contributed by atoms with Gasteiger partial charge in [0.2, 0.25) is 0 Å². The number of rotatable bonds is 2. The summed E-state index contributed by atoms with van der Waals surface area (Å²) in [5.74, 6) is 0. The predicted molar refractivity (Wildman–Crippen MR) is 65.9 cm³/mol. The molecule has 1 aliphatic heterocycles. The lowest BCUT2D eigenvalue weighted by Crippen LogP contribution is -2.37. The fourth-order valence-corrected chi connectivity index (χ4v) is 2.16. The molecule has 0 saturated carbocycles. The maximum atomic E-state index is 13.8. The van der Waals surface area contributed by atoms with Crippen molar-refractivity contribution in [1.82, 2.24) is 9.55 Å². The van der Waals surface area contributed by atoms with Crippen molar-refractivity contribution in [3.8, 4) is 0 Å². The normalized spacial score (nSPS) is 31.8. The molecule has 2 heterocycles. The topological polar surface area (TPSA) is 105 Å². The fraction of sp³-hybridized carbons (Fsp3) is 0.556. The minimum absolute atomic E-state index is 0.185. The van der Waals surface area contributed by atoms with E-state index in [4.69, 9.17) is 9.84 Å². The van der Waals surface area contributed by atoms with Gasteiger partial charge in [0.25, 0.3) is 5.56 Å². The molecule has 7 nitrogen and oxygen atoms in total. The van der Waals surface area contributed by atoms with Crippen LogP contribution in [0.2, 0.25) is 0 Å². The van der Waals surface area contributed by atoms with Crippen molar-refractivity contribution in [3.63, 3.8) is 0 Å². The van der Waals surface area contributed by atoms with Crippen LogP contribution in [0.25, 0.3) is 0 Å². The number of aliphatic hydroxyl groups excluding tert-OH is 2. The summed E-state index contributed by atoms with van der Waals surface area (Å²) < 4.78 is 19.9. The van der Waals surface area contributed by atoms with Crippen molar-refractivity contribution in [2.75, 3.05) is 6.61 Å². The largest absolute Gasteiger partial charge is 0.394 e. The predicted octanol–water partition coefficient (Wildman–Crippen LogP) is -1.27. The van der Waals surface area contributed by atoms with Crippen LogP contribution < -0.4 is 11.2 Å². The second-order valence-electron chi connectivity index (χ2n) is 3.83. The number of aromatic nitrogens is 2. The Labute approximate surface area is 113 Å². The Hall–Kier alpha value is -0.780. The van der Waals surface area contributed by atoms with Crippen LogP contribution >= 0.6 is 22.6 Å². The number of H-pyrrole nitrogens is 1.